The van der Waals surface area contributed by atoms with Crippen LogP contribution in [0.5, 0.6) is 0 Å². The molecule has 8 nitrogen and oxygen atoms in total. The first-order valence-electron chi connectivity index (χ1n) is 11.3. The number of likely N-dealkylation sites (tertiary alicyclic amines) is 1. The fourth-order valence-corrected chi connectivity index (χ4v) is 3.84. The molecule has 6 N–H and O–H groups in total. The standard InChI is InChI=1S/C23H39N5O3/c1-6-19(29)16(14(2)24)12-27-21(30)18-8-7-11-28(18)22(31)20(23(3,4)5)26-13-17(25)15-9-10-15/h13,15,18,20,26H,6-12,24-25H2,1-5H3,(H,27,30)/b16-14-,17-13-/t18?,20-/m1/s1. The van der Waals surface area contributed by atoms with E-state index in [0.29, 0.717) is 36.6 Å². The van der Waals surface area contributed by atoms with Gasteiger partial charge in [-0.05, 0) is 43.9 Å². The van der Waals surface area contributed by atoms with Crippen LogP contribution in [-0.2, 0) is 14.4 Å². The number of allylic oxidation sites excluding steroid dienone is 2. The van der Waals surface area contributed by atoms with E-state index >= 15 is 0 Å². The molecule has 2 aliphatic rings. The van der Waals surface area contributed by atoms with Gasteiger partial charge in [-0.25, -0.2) is 0 Å². The highest BCUT2D eigenvalue weighted by Crippen LogP contribution is 2.33. The molecule has 2 atom stereocenters. The van der Waals surface area contributed by atoms with Crippen LogP contribution in [0, 0.1) is 11.3 Å². The highest BCUT2D eigenvalue weighted by Gasteiger charge is 2.41. The molecular weight excluding hydrogens is 394 g/mol. The maximum absolute atomic E-state index is 13.4. The lowest BCUT2D eigenvalue weighted by molar-refractivity contribution is -0.141. The first-order valence-corrected chi connectivity index (χ1v) is 11.3. The summed E-state index contributed by atoms with van der Waals surface area (Å²) in [5.41, 5.74) is 13.2. The molecule has 1 saturated carbocycles. The number of nitrogens with zero attached hydrogens (tertiary/aromatic N) is 1. The minimum atomic E-state index is -0.556. The predicted octanol–water partition coefficient (Wildman–Crippen LogP) is 1.52. The second-order valence-corrected chi connectivity index (χ2v) is 9.73. The molecule has 0 aromatic carbocycles. The smallest absolute Gasteiger partial charge is 0.246 e. The van der Waals surface area contributed by atoms with Crippen molar-refractivity contribution in [1.29, 1.82) is 0 Å². The van der Waals surface area contributed by atoms with Gasteiger partial charge in [0.15, 0.2) is 5.78 Å². The van der Waals surface area contributed by atoms with E-state index in [2.05, 4.69) is 10.6 Å². The Kier molecular flexibility index (Phi) is 8.14. The highest BCUT2D eigenvalue weighted by molar-refractivity contribution is 5.97. The Labute approximate surface area is 185 Å². The number of nitrogens with two attached hydrogens (primary N) is 2. The van der Waals surface area contributed by atoms with Crippen LogP contribution >= 0.6 is 0 Å². The van der Waals surface area contributed by atoms with E-state index in [4.69, 9.17) is 11.5 Å². The van der Waals surface area contributed by atoms with Crippen molar-refractivity contribution in [2.24, 2.45) is 22.8 Å². The van der Waals surface area contributed by atoms with Crippen molar-refractivity contribution in [2.75, 3.05) is 13.1 Å². The van der Waals surface area contributed by atoms with E-state index in [1.807, 2.05) is 20.8 Å². The molecule has 0 aromatic heterocycles. The Hall–Kier alpha value is -2.51. The Bertz CT molecular complexity index is 758. The number of Topliss-reactive ketones (excluding diaryl/α,β-unsaturated/α-hetero) is 1. The van der Waals surface area contributed by atoms with Gasteiger partial charge in [-0.1, -0.05) is 27.7 Å². The molecule has 174 valence electrons. The Morgan fingerprint density at radius 1 is 1.16 bits per heavy atom. The molecule has 2 amide bonds. The molecule has 31 heavy (non-hydrogen) atoms. The van der Waals surface area contributed by atoms with E-state index in [1.165, 1.54) is 0 Å². The van der Waals surface area contributed by atoms with Crippen LogP contribution in [-0.4, -0.2) is 47.7 Å². The minimum absolute atomic E-state index is 0.0774. The molecule has 2 fully saturated rings. The summed E-state index contributed by atoms with van der Waals surface area (Å²) in [4.78, 5) is 40.1. The molecule has 0 bridgehead atoms. The number of nitrogens with one attached hydrogen (secondary N) is 2. The molecule has 1 aliphatic carbocycles. The summed E-state index contributed by atoms with van der Waals surface area (Å²) >= 11 is 0. The van der Waals surface area contributed by atoms with Crippen molar-refractivity contribution < 1.29 is 14.4 Å². The minimum Gasteiger partial charge on any atom is -0.402 e. The summed E-state index contributed by atoms with van der Waals surface area (Å²) in [5.74, 6) is -0.0427. The van der Waals surface area contributed by atoms with Gasteiger partial charge in [0.25, 0.3) is 0 Å². The van der Waals surface area contributed by atoms with Gasteiger partial charge in [-0.2, -0.15) is 0 Å². The number of carbonyl (C=O) groups excluding carboxylic acids is 3. The molecule has 0 radical (unpaired) electrons. The van der Waals surface area contributed by atoms with E-state index in [0.717, 1.165) is 25.0 Å². The Morgan fingerprint density at radius 2 is 1.81 bits per heavy atom. The molecule has 1 heterocycles. The highest BCUT2D eigenvalue weighted by atomic mass is 16.2. The van der Waals surface area contributed by atoms with Gasteiger partial charge in [-0.3, -0.25) is 14.4 Å². The maximum atomic E-state index is 13.4. The Balaban J connectivity index is 2.09. The average molecular weight is 434 g/mol. The zero-order valence-corrected chi connectivity index (χ0v) is 19.6. The lowest BCUT2D eigenvalue weighted by Gasteiger charge is -2.35. The van der Waals surface area contributed by atoms with E-state index < -0.39 is 12.1 Å². The van der Waals surface area contributed by atoms with Gasteiger partial charge in [-0.15, -0.1) is 0 Å². The summed E-state index contributed by atoms with van der Waals surface area (Å²) in [6.07, 6.45) is 5.61. The zero-order chi connectivity index (χ0) is 23.3. The molecule has 2 rings (SSSR count). The van der Waals surface area contributed by atoms with Crippen molar-refractivity contribution in [3.8, 4) is 0 Å². The molecule has 0 aromatic rings. The second kappa shape index (κ2) is 10.2. The number of hydrogen-bond donors (Lipinski definition) is 4. The zero-order valence-electron chi connectivity index (χ0n) is 19.6. The number of carbonyl (C=O) groups is 3. The van der Waals surface area contributed by atoms with E-state index in [-0.39, 0.29) is 29.6 Å². The normalized spacial score (nSPS) is 21.4. The molecule has 1 saturated heterocycles. The summed E-state index contributed by atoms with van der Waals surface area (Å²) in [6, 6.07) is -1.05. The summed E-state index contributed by atoms with van der Waals surface area (Å²) in [7, 11) is 0. The Morgan fingerprint density at radius 3 is 2.32 bits per heavy atom. The predicted molar refractivity (Wildman–Crippen MR) is 121 cm³/mol. The quantitative estimate of drug-likeness (QED) is 0.408. The third kappa shape index (κ3) is 6.48. The topological polar surface area (TPSA) is 131 Å². The number of amides is 2. The van der Waals surface area contributed by atoms with Gasteiger partial charge in [0.05, 0.1) is 0 Å². The third-order valence-electron chi connectivity index (χ3n) is 5.99. The number of rotatable bonds is 9. The van der Waals surface area contributed by atoms with Crippen LogP contribution < -0.4 is 22.1 Å². The van der Waals surface area contributed by atoms with Crippen molar-refractivity contribution in [3.05, 3.63) is 23.2 Å². The fourth-order valence-electron chi connectivity index (χ4n) is 3.84. The van der Waals surface area contributed by atoms with Crippen LogP contribution in [0.25, 0.3) is 0 Å². The van der Waals surface area contributed by atoms with Crippen molar-refractivity contribution >= 4 is 17.6 Å². The largest absolute Gasteiger partial charge is 0.402 e. The molecular formula is C23H39N5O3. The average Bonchev–Trinajstić information content (AvgIpc) is 3.42. The van der Waals surface area contributed by atoms with Crippen LogP contribution in [0.2, 0.25) is 0 Å². The van der Waals surface area contributed by atoms with Crippen molar-refractivity contribution in [2.45, 2.75) is 78.8 Å². The van der Waals surface area contributed by atoms with E-state index in [9.17, 15) is 14.4 Å². The summed E-state index contributed by atoms with van der Waals surface area (Å²) in [5, 5.41) is 6.04. The van der Waals surface area contributed by atoms with Gasteiger partial charge in [0.2, 0.25) is 11.8 Å². The monoisotopic (exact) mass is 433 g/mol. The fraction of sp³-hybridized carbons (Fsp3) is 0.696. The number of hydrogen-bond acceptors (Lipinski definition) is 6. The molecule has 1 unspecified atom stereocenters. The molecule has 0 spiro atoms. The van der Waals surface area contributed by atoms with Crippen LogP contribution in [0.4, 0.5) is 0 Å². The number of ketones is 1. The van der Waals surface area contributed by atoms with Gasteiger partial charge < -0.3 is 27.0 Å². The SMILES string of the molecule is CCC(=O)/C(CNC(=O)C1CCCN1C(=O)[C@@H](N/C=C(\N)C1CC1)C(C)(C)C)=C(/C)N. The second-order valence-electron chi connectivity index (χ2n) is 9.73. The van der Waals surface area contributed by atoms with Crippen LogP contribution in [0.15, 0.2) is 23.2 Å². The lowest BCUT2D eigenvalue weighted by atomic mass is 9.85. The molecule has 8 heteroatoms. The van der Waals surface area contributed by atoms with Crippen LogP contribution in [0.3, 0.4) is 0 Å². The third-order valence-corrected chi connectivity index (χ3v) is 5.99. The summed E-state index contributed by atoms with van der Waals surface area (Å²) in [6.45, 7) is 9.99. The van der Waals surface area contributed by atoms with Gasteiger partial charge in [0, 0.05) is 42.7 Å². The van der Waals surface area contributed by atoms with Gasteiger partial charge in [0.1, 0.15) is 12.1 Å². The van der Waals surface area contributed by atoms with Crippen molar-refractivity contribution in [1.82, 2.24) is 15.5 Å². The van der Waals surface area contributed by atoms with Gasteiger partial charge >= 0.3 is 0 Å². The maximum Gasteiger partial charge on any atom is 0.246 e. The molecule has 1 aliphatic heterocycles. The van der Waals surface area contributed by atoms with E-state index in [1.54, 1.807) is 24.9 Å². The first-order chi connectivity index (χ1) is 14.5. The first kappa shape index (κ1) is 24.8. The van der Waals surface area contributed by atoms with Crippen molar-refractivity contribution in [3.63, 3.8) is 0 Å². The summed E-state index contributed by atoms with van der Waals surface area (Å²) < 4.78 is 0. The van der Waals surface area contributed by atoms with Crippen LogP contribution in [0.1, 0.15) is 66.7 Å². The lowest BCUT2D eigenvalue weighted by Crippen LogP contribution is -2.55.